The molecule has 0 N–H and O–H groups in total. The summed E-state index contributed by atoms with van der Waals surface area (Å²) < 4.78 is 0. The molecule has 0 radical (unpaired) electrons. The molecule has 2 heterocycles. The molecule has 0 saturated carbocycles. The second-order valence-corrected chi connectivity index (χ2v) is 8.15. The SMILES string of the molecule is CC(C)(C)C1CCc2sc(C(=O)N3CCC3)cc2C1. The first kappa shape index (κ1) is 13.2. The van der Waals surface area contributed by atoms with E-state index in [1.54, 1.807) is 11.3 Å². The number of carbonyl (C=O) groups is 1. The summed E-state index contributed by atoms with van der Waals surface area (Å²) >= 11 is 1.74. The number of hydrogen-bond acceptors (Lipinski definition) is 2. The van der Waals surface area contributed by atoms with Crippen LogP contribution in [0.15, 0.2) is 6.07 Å². The van der Waals surface area contributed by atoms with Gasteiger partial charge in [0.05, 0.1) is 4.88 Å². The van der Waals surface area contributed by atoms with Crippen LogP contribution in [-0.4, -0.2) is 23.9 Å². The second kappa shape index (κ2) is 4.62. The first-order valence-corrected chi connectivity index (χ1v) is 8.17. The maximum absolute atomic E-state index is 12.3. The first-order chi connectivity index (χ1) is 8.95. The fourth-order valence-corrected chi connectivity index (χ4v) is 4.22. The minimum absolute atomic E-state index is 0.262. The Labute approximate surface area is 119 Å². The molecule has 1 amide bonds. The van der Waals surface area contributed by atoms with Gasteiger partial charge in [-0.1, -0.05) is 20.8 Å². The molecule has 2 nitrogen and oxygen atoms in total. The Hall–Kier alpha value is -0.830. The maximum atomic E-state index is 12.3. The number of rotatable bonds is 1. The molecule has 104 valence electrons. The molecule has 2 aliphatic rings. The number of carbonyl (C=O) groups excluding carboxylic acids is 1. The Kier molecular flexibility index (Phi) is 3.20. The van der Waals surface area contributed by atoms with Crippen molar-refractivity contribution in [1.82, 2.24) is 4.90 Å². The molecule has 1 atom stereocenters. The number of fused-ring (bicyclic) bond motifs is 1. The standard InChI is InChI=1S/C16H23NOS/c1-16(2,3)12-5-6-13-11(9-12)10-14(19-13)15(18)17-7-4-8-17/h10,12H,4-9H2,1-3H3. The van der Waals surface area contributed by atoms with E-state index >= 15 is 0 Å². The van der Waals surface area contributed by atoms with Gasteiger partial charge in [-0.25, -0.2) is 0 Å². The summed E-state index contributed by atoms with van der Waals surface area (Å²) in [4.78, 5) is 16.7. The molecule has 0 spiro atoms. The van der Waals surface area contributed by atoms with E-state index in [9.17, 15) is 4.79 Å². The Balaban J connectivity index is 1.79. The lowest BCUT2D eigenvalue weighted by molar-refractivity contribution is 0.0657. The average molecular weight is 277 g/mol. The van der Waals surface area contributed by atoms with Crippen molar-refractivity contribution in [2.45, 2.75) is 46.5 Å². The lowest BCUT2D eigenvalue weighted by Gasteiger charge is -2.33. The van der Waals surface area contributed by atoms with Gasteiger partial charge < -0.3 is 4.90 Å². The zero-order valence-corrected chi connectivity index (χ0v) is 13.0. The number of amides is 1. The number of hydrogen-bond donors (Lipinski definition) is 0. The second-order valence-electron chi connectivity index (χ2n) is 7.01. The third-order valence-corrected chi connectivity index (χ3v) is 5.89. The summed E-state index contributed by atoms with van der Waals surface area (Å²) in [5.41, 5.74) is 1.82. The number of aryl methyl sites for hydroxylation is 1. The van der Waals surface area contributed by atoms with Gasteiger partial charge in [-0.15, -0.1) is 11.3 Å². The van der Waals surface area contributed by atoms with Gasteiger partial charge in [-0.3, -0.25) is 4.79 Å². The topological polar surface area (TPSA) is 20.3 Å². The van der Waals surface area contributed by atoms with Crippen molar-refractivity contribution < 1.29 is 4.79 Å². The molecule has 1 aliphatic heterocycles. The van der Waals surface area contributed by atoms with Crippen LogP contribution in [0.5, 0.6) is 0 Å². The number of nitrogens with zero attached hydrogens (tertiary/aromatic N) is 1. The molecule has 1 aromatic heterocycles. The average Bonchev–Trinajstić information content (AvgIpc) is 2.67. The summed E-state index contributed by atoms with van der Waals surface area (Å²) in [7, 11) is 0. The van der Waals surface area contributed by atoms with Crippen molar-refractivity contribution in [2.24, 2.45) is 11.3 Å². The normalized spacial score (nSPS) is 22.9. The van der Waals surface area contributed by atoms with E-state index in [2.05, 4.69) is 26.8 Å². The van der Waals surface area contributed by atoms with Crippen molar-refractivity contribution >= 4 is 17.2 Å². The minimum atomic E-state index is 0.262. The highest BCUT2D eigenvalue weighted by atomic mass is 32.1. The van der Waals surface area contributed by atoms with Crippen molar-refractivity contribution in [2.75, 3.05) is 13.1 Å². The molecule has 3 rings (SSSR count). The zero-order chi connectivity index (χ0) is 13.6. The van der Waals surface area contributed by atoms with Crippen LogP contribution in [0.2, 0.25) is 0 Å². The van der Waals surface area contributed by atoms with Gasteiger partial charge in [0, 0.05) is 18.0 Å². The van der Waals surface area contributed by atoms with E-state index < -0.39 is 0 Å². The molecule has 3 heteroatoms. The van der Waals surface area contributed by atoms with Gasteiger partial charge >= 0.3 is 0 Å². The van der Waals surface area contributed by atoms with Gasteiger partial charge in [-0.2, -0.15) is 0 Å². The van der Waals surface area contributed by atoms with Crippen molar-refractivity contribution in [3.05, 3.63) is 21.4 Å². The molecule has 1 unspecified atom stereocenters. The molecule has 1 aromatic rings. The van der Waals surface area contributed by atoms with E-state index in [0.29, 0.717) is 5.41 Å². The van der Waals surface area contributed by atoms with E-state index in [0.717, 1.165) is 36.7 Å². The predicted octanol–water partition coefficient (Wildman–Crippen LogP) is 3.75. The first-order valence-electron chi connectivity index (χ1n) is 7.36. The van der Waals surface area contributed by atoms with E-state index in [1.807, 2.05) is 4.90 Å². The van der Waals surface area contributed by atoms with Crippen LogP contribution in [-0.2, 0) is 12.8 Å². The van der Waals surface area contributed by atoms with E-state index in [1.165, 1.54) is 23.3 Å². The lowest BCUT2D eigenvalue weighted by atomic mass is 9.72. The predicted molar refractivity (Wildman–Crippen MR) is 79.8 cm³/mol. The van der Waals surface area contributed by atoms with Crippen molar-refractivity contribution in [1.29, 1.82) is 0 Å². The molecule has 1 fully saturated rings. The van der Waals surface area contributed by atoms with Crippen LogP contribution in [0.3, 0.4) is 0 Å². The van der Waals surface area contributed by atoms with E-state index in [-0.39, 0.29) is 5.91 Å². The Bertz CT molecular complexity index is 493. The van der Waals surface area contributed by atoms with Crippen LogP contribution < -0.4 is 0 Å². The zero-order valence-electron chi connectivity index (χ0n) is 12.2. The molecular weight excluding hydrogens is 254 g/mol. The van der Waals surface area contributed by atoms with Crippen LogP contribution in [0.1, 0.15) is 53.7 Å². The fraction of sp³-hybridized carbons (Fsp3) is 0.688. The number of thiophene rings is 1. The Morgan fingerprint density at radius 2 is 2.11 bits per heavy atom. The fourth-order valence-electron chi connectivity index (χ4n) is 3.04. The summed E-state index contributed by atoms with van der Waals surface area (Å²) in [6.45, 7) is 8.90. The molecule has 19 heavy (non-hydrogen) atoms. The van der Waals surface area contributed by atoms with Crippen LogP contribution in [0.4, 0.5) is 0 Å². The van der Waals surface area contributed by atoms with Gasteiger partial charge in [0.1, 0.15) is 0 Å². The molecule has 1 aliphatic carbocycles. The summed E-state index contributed by atoms with van der Waals surface area (Å²) in [5, 5.41) is 0. The van der Waals surface area contributed by atoms with Gasteiger partial charge in [0.25, 0.3) is 5.91 Å². The highest BCUT2D eigenvalue weighted by molar-refractivity contribution is 7.14. The summed E-state index contributed by atoms with van der Waals surface area (Å²) in [6, 6.07) is 2.18. The Morgan fingerprint density at radius 3 is 2.68 bits per heavy atom. The molecular formula is C16H23NOS. The summed E-state index contributed by atoms with van der Waals surface area (Å²) in [6.07, 6.45) is 4.76. The smallest absolute Gasteiger partial charge is 0.263 e. The largest absolute Gasteiger partial charge is 0.338 e. The number of likely N-dealkylation sites (tertiary alicyclic amines) is 1. The van der Waals surface area contributed by atoms with Gasteiger partial charge in [0.15, 0.2) is 0 Å². The lowest BCUT2D eigenvalue weighted by Crippen LogP contribution is -2.41. The van der Waals surface area contributed by atoms with Crippen molar-refractivity contribution in [3.63, 3.8) is 0 Å². The minimum Gasteiger partial charge on any atom is -0.338 e. The highest BCUT2D eigenvalue weighted by Crippen LogP contribution is 2.40. The third-order valence-electron chi connectivity index (χ3n) is 4.66. The van der Waals surface area contributed by atoms with Gasteiger partial charge in [0.2, 0.25) is 0 Å². The monoisotopic (exact) mass is 277 g/mol. The highest BCUT2D eigenvalue weighted by Gasteiger charge is 2.31. The van der Waals surface area contributed by atoms with Crippen LogP contribution in [0, 0.1) is 11.3 Å². The molecule has 0 aromatic carbocycles. The van der Waals surface area contributed by atoms with E-state index in [4.69, 9.17) is 0 Å². The molecule has 1 saturated heterocycles. The van der Waals surface area contributed by atoms with Gasteiger partial charge in [-0.05, 0) is 48.6 Å². The molecule has 0 bridgehead atoms. The quantitative estimate of drug-likeness (QED) is 0.765. The van der Waals surface area contributed by atoms with Crippen LogP contribution >= 0.6 is 11.3 Å². The maximum Gasteiger partial charge on any atom is 0.263 e. The Morgan fingerprint density at radius 1 is 1.37 bits per heavy atom. The van der Waals surface area contributed by atoms with Crippen LogP contribution in [0.25, 0.3) is 0 Å². The third kappa shape index (κ3) is 2.45. The summed E-state index contributed by atoms with van der Waals surface area (Å²) in [5.74, 6) is 1.01. The van der Waals surface area contributed by atoms with Crippen molar-refractivity contribution in [3.8, 4) is 0 Å².